The number of likely N-dealkylation sites (tertiary alicyclic amines) is 1. The average Bonchev–Trinajstić information content (AvgIpc) is 3.24. The molecule has 1 saturated heterocycles. The van der Waals surface area contributed by atoms with Crippen molar-refractivity contribution in [2.24, 2.45) is 7.05 Å². The van der Waals surface area contributed by atoms with E-state index in [9.17, 15) is 4.79 Å². The van der Waals surface area contributed by atoms with Gasteiger partial charge in [-0.25, -0.2) is 0 Å². The SMILES string of the molecule is Cc1cc(C(=O)N2CCCC2c2cnn(C)c2)c2[nH]ncc2c1. The summed E-state index contributed by atoms with van der Waals surface area (Å²) in [6.07, 6.45) is 7.62. The molecule has 1 amide bonds. The summed E-state index contributed by atoms with van der Waals surface area (Å²) >= 11 is 0. The van der Waals surface area contributed by atoms with Gasteiger partial charge in [-0.05, 0) is 37.5 Å². The van der Waals surface area contributed by atoms with Crippen molar-refractivity contribution in [1.29, 1.82) is 0 Å². The standard InChI is InChI=1S/C17H19N5O/c1-11-6-12-8-18-20-16(12)14(7-11)17(23)22-5-3-4-15(22)13-9-19-21(2)10-13/h6-10,15H,3-5H2,1-2H3,(H,18,20). The van der Waals surface area contributed by atoms with Gasteiger partial charge in [0.05, 0.1) is 29.5 Å². The van der Waals surface area contributed by atoms with Gasteiger partial charge in [0.1, 0.15) is 0 Å². The number of aryl methyl sites for hydroxylation is 2. The van der Waals surface area contributed by atoms with Gasteiger partial charge < -0.3 is 4.90 Å². The summed E-state index contributed by atoms with van der Waals surface area (Å²) in [7, 11) is 1.90. The molecule has 1 aliphatic heterocycles. The van der Waals surface area contributed by atoms with Gasteiger partial charge in [0, 0.05) is 30.7 Å². The summed E-state index contributed by atoms with van der Waals surface area (Å²) in [6, 6.07) is 4.09. The van der Waals surface area contributed by atoms with Crippen LogP contribution in [0.25, 0.3) is 10.9 Å². The molecule has 23 heavy (non-hydrogen) atoms. The van der Waals surface area contributed by atoms with Crippen molar-refractivity contribution in [3.63, 3.8) is 0 Å². The number of fused-ring (bicyclic) bond motifs is 1. The van der Waals surface area contributed by atoms with E-state index < -0.39 is 0 Å². The van der Waals surface area contributed by atoms with E-state index in [-0.39, 0.29) is 11.9 Å². The molecular weight excluding hydrogens is 290 g/mol. The summed E-state index contributed by atoms with van der Waals surface area (Å²) in [5, 5.41) is 12.3. The molecular formula is C17H19N5O. The Morgan fingerprint density at radius 1 is 1.35 bits per heavy atom. The average molecular weight is 309 g/mol. The highest BCUT2D eigenvalue weighted by molar-refractivity contribution is 6.06. The Hall–Kier alpha value is -2.63. The van der Waals surface area contributed by atoms with Crippen molar-refractivity contribution < 1.29 is 4.79 Å². The summed E-state index contributed by atoms with van der Waals surface area (Å²) in [6.45, 7) is 2.79. The lowest BCUT2D eigenvalue weighted by Crippen LogP contribution is -2.30. The number of aromatic nitrogens is 4. The van der Waals surface area contributed by atoms with Crippen molar-refractivity contribution in [3.8, 4) is 0 Å². The van der Waals surface area contributed by atoms with Crippen LogP contribution in [-0.4, -0.2) is 37.3 Å². The molecule has 0 radical (unpaired) electrons. The predicted octanol–water partition coefficient (Wildman–Crippen LogP) is 2.58. The smallest absolute Gasteiger partial charge is 0.256 e. The molecule has 2 aromatic heterocycles. The molecule has 1 aromatic carbocycles. The molecule has 4 rings (SSSR count). The van der Waals surface area contributed by atoms with Crippen molar-refractivity contribution in [2.45, 2.75) is 25.8 Å². The maximum Gasteiger partial charge on any atom is 0.256 e. The Morgan fingerprint density at radius 3 is 3.00 bits per heavy atom. The van der Waals surface area contributed by atoms with E-state index in [0.29, 0.717) is 5.56 Å². The molecule has 6 nitrogen and oxygen atoms in total. The Labute approximate surface area is 134 Å². The highest BCUT2D eigenvalue weighted by atomic mass is 16.2. The van der Waals surface area contributed by atoms with E-state index >= 15 is 0 Å². The summed E-state index contributed by atoms with van der Waals surface area (Å²) in [4.78, 5) is 15.1. The van der Waals surface area contributed by atoms with Crippen LogP contribution in [0.4, 0.5) is 0 Å². The molecule has 1 fully saturated rings. The molecule has 0 spiro atoms. The van der Waals surface area contributed by atoms with Gasteiger partial charge in [0.2, 0.25) is 0 Å². The van der Waals surface area contributed by atoms with Gasteiger partial charge in [0.25, 0.3) is 5.91 Å². The fourth-order valence-electron chi connectivity index (χ4n) is 3.50. The first-order chi connectivity index (χ1) is 11.1. The number of aromatic amines is 1. The Kier molecular flexibility index (Phi) is 3.18. The second kappa shape index (κ2) is 5.22. The number of H-pyrrole nitrogens is 1. The highest BCUT2D eigenvalue weighted by Crippen LogP contribution is 2.34. The van der Waals surface area contributed by atoms with Gasteiger partial charge in [0.15, 0.2) is 0 Å². The second-order valence-corrected chi connectivity index (χ2v) is 6.25. The third-order valence-corrected chi connectivity index (χ3v) is 4.55. The molecule has 3 heterocycles. The second-order valence-electron chi connectivity index (χ2n) is 6.25. The molecule has 1 atom stereocenters. The molecule has 118 valence electrons. The van der Waals surface area contributed by atoms with Crippen molar-refractivity contribution in [2.75, 3.05) is 6.54 Å². The fourth-order valence-corrected chi connectivity index (χ4v) is 3.50. The van der Waals surface area contributed by atoms with Gasteiger partial charge >= 0.3 is 0 Å². The monoisotopic (exact) mass is 309 g/mol. The van der Waals surface area contributed by atoms with Crippen LogP contribution in [0.1, 0.15) is 40.4 Å². The number of nitrogens with one attached hydrogen (secondary N) is 1. The molecule has 0 aliphatic carbocycles. The van der Waals surface area contributed by atoms with E-state index in [1.807, 2.05) is 43.4 Å². The highest BCUT2D eigenvalue weighted by Gasteiger charge is 2.32. The van der Waals surface area contributed by atoms with Crippen LogP contribution >= 0.6 is 0 Å². The largest absolute Gasteiger partial charge is 0.331 e. The summed E-state index contributed by atoms with van der Waals surface area (Å²) in [5.41, 5.74) is 3.69. The van der Waals surface area contributed by atoms with E-state index in [1.54, 1.807) is 10.9 Å². The van der Waals surface area contributed by atoms with Crippen LogP contribution in [-0.2, 0) is 7.05 Å². The van der Waals surface area contributed by atoms with E-state index in [4.69, 9.17) is 0 Å². The summed E-state index contributed by atoms with van der Waals surface area (Å²) in [5.74, 6) is 0.0642. The zero-order valence-electron chi connectivity index (χ0n) is 13.3. The zero-order chi connectivity index (χ0) is 16.0. The lowest BCUT2D eigenvalue weighted by Gasteiger charge is -2.24. The molecule has 6 heteroatoms. The van der Waals surface area contributed by atoms with E-state index in [0.717, 1.165) is 41.4 Å². The van der Waals surface area contributed by atoms with Gasteiger partial charge in [-0.15, -0.1) is 0 Å². The number of amides is 1. The maximum absolute atomic E-state index is 13.2. The number of carbonyl (C=O) groups is 1. The van der Waals surface area contributed by atoms with Crippen molar-refractivity contribution in [1.82, 2.24) is 24.9 Å². The van der Waals surface area contributed by atoms with E-state index in [2.05, 4.69) is 15.3 Å². The van der Waals surface area contributed by atoms with Crippen LogP contribution in [0.15, 0.2) is 30.7 Å². The topological polar surface area (TPSA) is 66.8 Å². The number of carbonyl (C=O) groups excluding carboxylic acids is 1. The number of nitrogens with zero attached hydrogens (tertiary/aromatic N) is 4. The van der Waals surface area contributed by atoms with Crippen molar-refractivity contribution >= 4 is 16.8 Å². The Bertz CT molecular complexity index is 878. The molecule has 1 unspecified atom stereocenters. The minimum atomic E-state index is 0.0642. The first kappa shape index (κ1) is 14.0. The lowest BCUT2D eigenvalue weighted by atomic mass is 10.0. The molecule has 3 aromatic rings. The number of hydrogen-bond donors (Lipinski definition) is 1. The number of rotatable bonds is 2. The molecule has 1 aliphatic rings. The van der Waals surface area contributed by atoms with Crippen LogP contribution in [0, 0.1) is 6.92 Å². The van der Waals surface area contributed by atoms with Crippen LogP contribution < -0.4 is 0 Å². The van der Waals surface area contributed by atoms with Crippen LogP contribution in [0.5, 0.6) is 0 Å². The lowest BCUT2D eigenvalue weighted by molar-refractivity contribution is 0.0737. The summed E-state index contributed by atoms with van der Waals surface area (Å²) < 4.78 is 1.79. The first-order valence-electron chi connectivity index (χ1n) is 7.87. The van der Waals surface area contributed by atoms with Crippen LogP contribution in [0.3, 0.4) is 0 Å². The third-order valence-electron chi connectivity index (χ3n) is 4.55. The van der Waals surface area contributed by atoms with E-state index in [1.165, 1.54) is 0 Å². The third kappa shape index (κ3) is 2.30. The predicted molar refractivity (Wildman–Crippen MR) is 87.1 cm³/mol. The first-order valence-corrected chi connectivity index (χ1v) is 7.87. The minimum absolute atomic E-state index is 0.0642. The normalized spacial score (nSPS) is 18.0. The van der Waals surface area contributed by atoms with Crippen LogP contribution in [0.2, 0.25) is 0 Å². The van der Waals surface area contributed by atoms with Gasteiger partial charge in [-0.3, -0.25) is 14.6 Å². The maximum atomic E-state index is 13.2. The molecule has 1 N–H and O–H groups in total. The number of hydrogen-bond acceptors (Lipinski definition) is 3. The molecule has 0 saturated carbocycles. The molecule has 0 bridgehead atoms. The fraction of sp³-hybridized carbons (Fsp3) is 0.353. The Morgan fingerprint density at radius 2 is 2.22 bits per heavy atom. The van der Waals surface area contributed by atoms with Crippen molar-refractivity contribution in [3.05, 3.63) is 47.4 Å². The van der Waals surface area contributed by atoms with Gasteiger partial charge in [-0.2, -0.15) is 10.2 Å². The Balaban J connectivity index is 1.73. The zero-order valence-corrected chi connectivity index (χ0v) is 13.3. The van der Waals surface area contributed by atoms with Gasteiger partial charge in [-0.1, -0.05) is 0 Å². The minimum Gasteiger partial charge on any atom is -0.331 e. The number of benzene rings is 1. The quantitative estimate of drug-likeness (QED) is 0.791.